The van der Waals surface area contributed by atoms with Gasteiger partial charge in [-0.1, -0.05) is 54.6 Å². The van der Waals surface area contributed by atoms with Crippen molar-refractivity contribution >= 4 is 44.8 Å². The average Bonchev–Trinajstić information content (AvgIpc) is 3.51. The van der Waals surface area contributed by atoms with E-state index in [1.54, 1.807) is 11.3 Å². The van der Waals surface area contributed by atoms with Crippen LogP contribution in [0.1, 0.15) is 24.8 Å². The first-order valence-electron chi connectivity index (χ1n) is 10.8. The summed E-state index contributed by atoms with van der Waals surface area (Å²) in [4.78, 5) is 29.7. The number of nitrogens with zero attached hydrogens (tertiary/aromatic N) is 3. The van der Waals surface area contributed by atoms with Gasteiger partial charge in [-0.3, -0.25) is 9.59 Å². The molecule has 2 amide bonds. The first kappa shape index (κ1) is 21.0. The van der Waals surface area contributed by atoms with Gasteiger partial charge in [0.2, 0.25) is 11.8 Å². The lowest BCUT2D eigenvalue weighted by Gasteiger charge is -2.11. The third-order valence-electron chi connectivity index (χ3n) is 5.45. The van der Waals surface area contributed by atoms with Gasteiger partial charge < -0.3 is 5.32 Å². The SMILES string of the molecule is O=C(CCC(=O)N1CCC(c2ccccc2)=N1)Nc1cccc(-c2nc3ccccc3s2)c1. The zero-order valence-corrected chi connectivity index (χ0v) is 18.7. The van der Waals surface area contributed by atoms with Crippen LogP contribution in [0.15, 0.2) is 84.0 Å². The van der Waals surface area contributed by atoms with Crippen molar-refractivity contribution in [2.24, 2.45) is 5.10 Å². The van der Waals surface area contributed by atoms with Gasteiger partial charge in [0.15, 0.2) is 0 Å². The molecule has 6 nitrogen and oxygen atoms in total. The largest absolute Gasteiger partial charge is 0.326 e. The van der Waals surface area contributed by atoms with E-state index < -0.39 is 0 Å². The van der Waals surface area contributed by atoms with Crippen LogP contribution in [0.3, 0.4) is 0 Å². The van der Waals surface area contributed by atoms with Gasteiger partial charge in [0.05, 0.1) is 22.5 Å². The Kier molecular flexibility index (Phi) is 5.95. The van der Waals surface area contributed by atoms with E-state index in [1.165, 1.54) is 5.01 Å². The van der Waals surface area contributed by atoms with E-state index in [-0.39, 0.29) is 24.7 Å². The maximum absolute atomic E-state index is 12.5. The van der Waals surface area contributed by atoms with E-state index in [1.807, 2.05) is 78.9 Å². The molecule has 1 aliphatic rings. The first-order chi connectivity index (χ1) is 16.2. The highest BCUT2D eigenvalue weighted by molar-refractivity contribution is 7.21. The van der Waals surface area contributed by atoms with Crippen LogP contribution in [0.5, 0.6) is 0 Å². The summed E-state index contributed by atoms with van der Waals surface area (Å²) in [5, 5.41) is 9.73. The molecule has 4 aromatic rings. The summed E-state index contributed by atoms with van der Waals surface area (Å²) in [7, 11) is 0. The van der Waals surface area contributed by atoms with Crippen LogP contribution in [0, 0.1) is 0 Å². The van der Waals surface area contributed by atoms with Crippen LogP contribution in [0.25, 0.3) is 20.8 Å². The number of rotatable bonds is 6. The summed E-state index contributed by atoms with van der Waals surface area (Å²) in [5.41, 5.74) is 4.53. The number of thiazole rings is 1. The summed E-state index contributed by atoms with van der Waals surface area (Å²) in [5.74, 6) is -0.337. The molecule has 33 heavy (non-hydrogen) atoms. The summed E-state index contributed by atoms with van der Waals surface area (Å²) in [6.07, 6.45) is 0.951. The minimum absolute atomic E-state index is 0.108. The predicted octanol–water partition coefficient (Wildman–Crippen LogP) is 5.32. The van der Waals surface area contributed by atoms with E-state index in [2.05, 4.69) is 15.4 Å². The summed E-state index contributed by atoms with van der Waals surface area (Å²) >= 11 is 1.62. The van der Waals surface area contributed by atoms with Gasteiger partial charge in [-0.25, -0.2) is 9.99 Å². The highest BCUT2D eigenvalue weighted by atomic mass is 32.1. The predicted molar refractivity (Wildman–Crippen MR) is 132 cm³/mol. The number of nitrogens with one attached hydrogen (secondary N) is 1. The van der Waals surface area contributed by atoms with E-state index in [0.717, 1.165) is 38.5 Å². The molecule has 5 rings (SSSR count). The summed E-state index contributed by atoms with van der Waals surface area (Å²) in [6.45, 7) is 0.550. The number of hydrogen-bond donors (Lipinski definition) is 1. The van der Waals surface area contributed by atoms with Gasteiger partial charge in [-0.15, -0.1) is 11.3 Å². The maximum Gasteiger partial charge on any atom is 0.243 e. The lowest BCUT2D eigenvalue weighted by molar-refractivity contribution is -0.132. The quantitative estimate of drug-likeness (QED) is 0.429. The fourth-order valence-electron chi connectivity index (χ4n) is 3.77. The molecule has 0 bridgehead atoms. The number of hydrazone groups is 1. The van der Waals surface area contributed by atoms with Gasteiger partial charge in [0, 0.05) is 30.5 Å². The Balaban J connectivity index is 1.18. The Morgan fingerprint density at radius 3 is 2.55 bits per heavy atom. The molecule has 0 spiro atoms. The number of benzene rings is 3. The van der Waals surface area contributed by atoms with Crippen molar-refractivity contribution in [3.8, 4) is 10.6 Å². The van der Waals surface area contributed by atoms with E-state index in [0.29, 0.717) is 12.2 Å². The van der Waals surface area contributed by atoms with Gasteiger partial charge in [0.25, 0.3) is 0 Å². The van der Waals surface area contributed by atoms with Crippen molar-refractivity contribution in [1.82, 2.24) is 9.99 Å². The fourth-order valence-corrected chi connectivity index (χ4v) is 4.73. The number of aromatic nitrogens is 1. The Labute approximate surface area is 195 Å². The highest BCUT2D eigenvalue weighted by Gasteiger charge is 2.22. The molecular formula is C26H22N4O2S. The number of para-hydroxylation sites is 1. The molecule has 1 aromatic heterocycles. The molecule has 164 valence electrons. The van der Waals surface area contributed by atoms with Gasteiger partial charge in [0.1, 0.15) is 5.01 Å². The lowest BCUT2D eigenvalue weighted by atomic mass is 10.1. The average molecular weight is 455 g/mol. The highest BCUT2D eigenvalue weighted by Crippen LogP contribution is 2.31. The zero-order chi connectivity index (χ0) is 22.6. The van der Waals surface area contributed by atoms with Crippen molar-refractivity contribution in [3.63, 3.8) is 0 Å². The Hall–Kier alpha value is -3.84. The molecule has 0 unspecified atom stereocenters. The smallest absolute Gasteiger partial charge is 0.243 e. The topological polar surface area (TPSA) is 74.7 Å². The van der Waals surface area contributed by atoms with Crippen LogP contribution in [-0.2, 0) is 9.59 Å². The second-order valence-electron chi connectivity index (χ2n) is 7.80. The molecule has 3 aromatic carbocycles. The van der Waals surface area contributed by atoms with Crippen LogP contribution < -0.4 is 5.32 Å². The molecule has 0 fully saturated rings. The molecular weight excluding hydrogens is 432 g/mol. The van der Waals surface area contributed by atoms with Crippen molar-refractivity contribution in [3.05, 3.63) is 84.4 Å². The summed E-state index contributed by atoms with van der Waals surface area (Å²) < 4.78 is 1.13. The number of hydrogen-bond acceptors (Lipinski definition) is 5. The van der Waals surface area contributed by atoms with Gasteiger partial charge in [-0.05, 0) is 29.8 Å². The number of amides is 2. The summed E-state index contributed by atoms with van der Waals surface area (Å²) in [6, 6.07) is 25.5. The molecule has 0 aliphatic carbocycles. The van der Waals surface area contributed by atoms with E-state index in [9.17, 15) is 9.59 Å². The first-order valence-corrected chi connectivity index (χ1v) is 11.7. The Morgan fingerprint density at radius 2 is 1.70 bits per heavy atom. The standard InChI is InChI=1S/C26H22N4O2S/c31-24(13-14-25(32)30-16-15-21(29-30)18-7-2-1-3-8-18)27-20-10-6-9-19(17-20)26-28-22-11-4-5-12-23(22)33-26/h1-12,17H,13-16H2,(H,27,31). The lowest BCUT2D eigenvalue weighted by Crippen LogP contribution is -2.24. The van der Waals surface area contributed by atoms with Crippen LogP contribution >= 0.6 is 11.3 Å². The minimum Gasteiger partial charge on any atom is -0.326 e. The second-order valence-corrected chi connectivity index (χ2v) is 8.83. The molecule has 1 N–H and O–H groups in total. The monoisotopic (exact) mass is 454 g/mol. The molecule has 0 radical (unpaired) electrons. The van der Waals surface area contributed by atoms with Crippen molar-refractivity contribution in [1.29, 1.82) is 0 Å². The van der Waals surface area contributed by atoms with Crippen molar-refractivity contribution in [2.75, 3.05) is 11.9 Å². The van der Waals surface area contributed by atoms with Crippen LogP contribution in [0.2, 0.25) is 0 Å². The van der Waals surface area contributed by atoms with E-state index in [4.69, 9.17) is 0 Å². The van der Waals surface area contributed by atoms with E-state index >= 15 is 0 Å². The normalized spacial score (nSPS) is 13.2. The molecule has 2 heterocycles. The molecule has 0 atom stereocenters. The second kappa shape index (κ2) is 9.34. The minimum atomic E-state index is -0.198. The van der Waals surface area contributed by atoms with Crippen molar-refractivity contribution in [2.45, 2.75) is 19.3 Å². The van der Waals surface area contributed by atoms with Crippen LogP contribution in [-0.4, -0.2) is 34.1 Å². The number of fused-ring (bicyclic) bond motifs is 1. The third kappa shape index (κ3) is 4.83. The van der Waals surface area contributed by atoms with Gasteiger partial charge >= 0.3 is 0 Å². The maximum atomic E-state index is 12.5. The molecule has 7 heteroatoms. The molecule has 0 saturated carbocycles. The fraction of sp³-hybridized carbons (Fsp3) is 0.154. The number of carbonyl (C=O) groups excluding carboxylic acids is 2. The Bertz CT molecular complexity index is 1310. The molecule has 0 saturated heterocycles. The zero-order valence-electron chi connectivity index (χ0n) is 17.9. The number of carbonyl (C=O) groups is 2. The third-order valence-corrected chi connectivity index (χ3v) is 6.54. The van der Waals surface area contributed by atoms with Crippen LogP contribution in [0.4, 0.5) is 5.69 Å². The number of anilines is 1. The molecule has 1 aliphatic heterocycles. The van der Waals surface area contributed by atoms with Gasteiger partial charge in [-0.2, -0.15) is 5.10 Å². The Morgan fingerprint density at radius 1 is 0.909 bits per heavy atom. The van der Waals surface area contributed by atoms with Crippen molar-refractivity contribution < 1.29 is 9.59 Å².